The normalized spacial score (nSPS) is 12.2. The summed E-state index contributed by atoms with van der Waals surface area (Å²) in [7, 11) is 0. The van der Waals surface area contributed by atoms with Gasteiger partial charge in [-0.3, -0.25) is 4.79 Å². The average molecular weight is 258 g/mol. The van der Waals surface area contributed by atoms with Crippen LogP contribution in [0.4, 0.5) is 5.69 Å². The van der Waals surface area contributed by atoms with Gasteiger partial charge in [0.05, 0.1) is 6.04 Å². The van der Waals surface area contributed by atoms with Gasteiger partial charge in [-0.05, 0) is 43.2 Å². The summed E-state index contributed by atoms with van der Waals surface area (Å²) < 4.78 is 5.39. The van der Waals surface area contributed by atoms with Gasteiger partial charge in [0.2, 0.25) is 0 Å². The molecule has 2 aromatic rings. The first kappa shape index (κ1) is 13.4. The van der Waals surface area contributed by atoms with Gasteiger partial charge in [-0.1, -0.05) is 19.1 Å². The van der Waals surface area contributed by atoms with E-state index in [1.165, 1.54) is 5.56 Å². The summed E-state index contributed by atoms with van der Waals surface area (Å²) >= 11 is 0. The molecule has 0 bridgehead atoms. The van der Waals surface area contributed by atoms with E-state index in [1.54, 1.807) is 12.1 Å². The molecule has 0 aliphatic carbocycles. The van der Waals surface area contributed by atoms with Crippen molar-refractivity contribution in [3.05, 3.63) is 53.5 Å². The number of hydrogen-bond donors (Lipinski definition) is 2. The number of carbonyl (C=O) groups excluding carboxylic acids is 1. The molecule has 0 fully saturated rings. The van der Waals surface area contributed by atoms with E-state index in [9.17, 15) is 4.79 Å². The smallest absolute Gasteiger partial charge is 0.291 e. The largest absolute Gasteiger partial charge is 0.454 e. The first-order valence-electron chi connectivity index (χ1n) is 6.35. The molecule has 4 heteroatoms. The minimum absolute atomic E-state index is 0.217. The van der Waals surface area contributed by atoms with Crippen LogP contribution in [0.1, 0.15) is 41.8 Å². The van der Waals surface area contributed by atoms with E-state index in [2.05, 4.69) is 12.2 Å². The molecule has 19 heavy (non-hydrogen) atoms. The van der Waals surface area contributed by atoms with Crippen molar-refractivity contribution in [1.82, 2.24) is 0 Å². The second-order valence-electron chi connectivity index (χ2n) is 4.50. The number of nitrogens with one attached hydrogen (secondary N) is 1. The summed E-state index contributed by atoms with van der Waals surface area (Å²) in [5.41, 5.74) is 7.67. The van der Waals surface area contributed by atoms with Crippen LogP contribution < -0.4 is 11.1 Å². The number of anilines is 1. The quantitative estimate of drug-likeness (QED) is 0.885. The Kier molecular flexibility index (Phi) is 4.02. The van der Waals surface area contributed by atoms with E-state index in [0.717, 1.165) is 12.1 Å². The Morgan fingerprint density at radius 3 is 2.47 bits per heavy atom. The second-order valence-corrected chi connectivity index (χ2v) is 4.50. The predicted molar refractivity (Wildman–Crippen MR) is 75.1 cm³/mol. The third kappa shape index (κ3) is 3.23. The molecule has 1 amide bonds. The maximum absolute atomic E-state index is 12.0. The highest BCUT2D eigenvalue weighted by Gasteiger charge is 2.13. The molecule has 100 valence electrons. The van der Waals surface area contributed by atoms with Gasteiger partial charge in [-0.25, -0.2) is 0 Å². The van der Waals surface area contributed by atoms with Crippen molar-refractivity contribution in [1.29, 1.82) is 0 Å². The molecule has 0 aliphatic rings. The molecule has 3 N–H and O–H groups in total. The van der Waals surface area contributed by atoms with Crippen LogP contribution in [0.25, 0.3) is 0 Å². The van der Waals surface area contributed by atoms with Gasteiger partial charge < -0.3 is 15.5 Å². The molecule has 1 aromatic heterocycles. The van der Waals surface area contributed by atoms with Crippen LogP contribution in [0, 0.1) is 0 Å². The van der Waals surface area contributed by atoms with Crippen LogP contribution in [0.2, 0.25) is 0 Å². The SMILES string of the molecule is CCc1ccc(NC(=O)c2ccc(C(C)N)o2)cc1. The molecule has 1 heterocycles. The molecule has 0 saturated carbocycles. The van der Waals surface area contributed by atoms with Crippen LogP contribution >= 0.6 is 0 Å². The first-order valence-corrected chi connectivity index (χ1v) is 6.35. The number of aryl methyl sites for hydroxylation is 1. The fourth-order valence-corrected chi connectivity index (χ4v) is 1.74. The summed E-state index contributed by atoms with van der Waals surface area (Å²) in [4.78, 5) is 12.0. The Morgan fingerprint density at radius 1 is 1.26 bits per heavy atom. The van der Waals surface area contributed by atoms with E-state index in [4.69, 9.17) is 10.2 Å². The highest BCUT2D eigenvalue weighted by atomic mass is 16.4. The molecule has 2 rings (SSSR count). The molecule has 0 spiro atoms. The summed E-state index contributed by atoms with van der Waals surface area (Å²) in [5.74, 6) is 0.606. The third-order valence-corrected chi connectivity index (χ3v) is 2.92. The number of carbonyl (C=O) groups is 1. The summed E-state index contributed by atoms with van der Waals surface area (Å²) in [6.45, 7) is 3.90. The highest BCUT2D eigenvalue weighted by Crippen LogP contribution is 2.16. The zero-order chi connectivity index (χ0) is 13.8. The van der Waals surface area contributed by atoms with Gasteiger partial charge in [-0.15, -0.1) is 0 Å². The molecule has 4 nitrogen and oxygen atoms in total. The van der Waals surface area contributed by atoms with Crippen molar-refractivity contribution in [2.45, 2.75) is 26.3 Å². The molecular formula is C15H18N2O2. The molecular weight excluding hydrogens is 240 g/mol. The number of furan rings is 1. The Balaban J connectivity index is 2.06. The lowest BCUT2D eigenvalue weighted by Gasteiger charge is -2.04. The first-order chi connectivity index (χ1) is 9.10. The Bertz CT molecular complexity index is 556. The standard InChI is InChI=1S/C15H18N2O2/c1-3-11-4-6-12(7-5-11)17-15(18)14-9-8-13(19-14)10(2)16/h4-10H,3,16H2,1-2H3,(H,17,18). The van der Waals surface area contributed by atoms with Gasteiger partial charge in [0.25, 0.3) is 5.91 Å². The van der Waals surface area contributed by atoms with Crippen LogP contribution in [0.5, 0.6) is 0 Å². The molecule has 1 atom stereocenters. The topological polar surface area (TPSA) is 68.3 Å². The van der Waals surface area contributed by atoms with Gasteiger partial charge >= 0.3 is 0 Å². The van der Waals surface area contributed by atoms with Gasteiger partial charge in [0.1, 0.15) is 5.76 Å². The molecule has 0 saturated heterocycles. The minimum atomic E-state index is -0.267. The van der Waals surface area contributed by atoms with Crippen LogP contribution in [0.15, 0.2) is 40.8 Å². The van der Waals surface area contributed by atoms with E-state index >= 15 is 0 Å². The molecule has 1 unspecified atom stereocenters. The second kappa shape index (κ2) is 5.71. The van der Waals surface area contributed by atoms with Gasteiger partial charge in [0, 0.05) is 5.69 Å². The van der Waals surface area contributed by atoms with E-state index in [1.807, 2.05) is 31.2 Å². The monoisotopic (exact) mass is 258 g/mol. The Morgan fingerprint density at radius 2 is 1.95 bits per heavy atom. The van der Waals surface area contributed by atoms with E-state index < -0.39 is 0 Å². The summed E-state index contributed by atoms with van der Waals surface area (Å²) in [6.07, 6.45) is 0.976. The summed E-state index contributed by atoms with van der Waals surface area (Å²) in [6, 6.07) is 10.9. The van der Waals surface area contributed by atoms with Gasteiger partial charge in [0.15, 0.2) is 5.76 Å². The minimum Gasteiger partial charge on any atom is -0.454 e. The zero-order valence-corrected chi connectivity index (χ0v) is 11.1. The van der Waals surface area contributed by atoms with Crippen LogP contribution in [0.3, 0.4) is 0 Å². The summed E-state index contributed by atoms with van der Waals surface area (Å²) in [5, 5.41) is 2.79. The maximum atomic E-state index is 12.0. The van der Waals surface area contributed by atoms with E-state index in [-0.39, 0.29) is 17.7 Å². The number of benzene rings is 1. The number of nitrogens with two attached hydrogens (primary N) is 1. The fourth-order valence-electron chi connectivity index (χ4n) is 1.74. The highest BCUT2D eigenvalue weighted by molar-refractivity contribution is 6.02. The van der Waals surface area contributed by atoms with Crippen molar-refractivity contribution in [2.24, 2.45) is 5.73 Å². The Labute approximate surface area is 112 Å². The lowest BCUT2D eigenvalue weighted by Crippen LogP contribution is -2.11. The van der Waals surface area contributed by atoms with Crippen molar-refractivity contribution >= 4 is 11.6 Å². The maximum Gasteiger partial charge on any atom is 0.291 e. The van der Waals surface area contributed by atoms with Crippen LogP contribution in [-0.4, -0.2) is 5.91 Å². The predicted octanol–water partition coefficient (Wildman–Crippen LogP) is 3.11. The zero-order valence-electron chi connectivity index (χ0n) is 11.1. The molecule has 0 radical (unpaired) electrons. The van der Waals surface area contributed by atoms with E-state index in [0.29, 0.717) is 5.76 Å². The van der Waals surface area contributed by atoms with Crippen molar-refractivity contribution in [2.75, 3.05) is 5.32 Å². The van der Waals surface area contributed by atoms with Crippen molar-refractivity contribution in [3.8, 4) is 0 Å². The van der Waals surface area contributed by atoms with Crippen molar-refractivity contribution < 1.29 is 9.21 Å². The van der Waals surface area contributed by atoms with Crippen LogP contribution in [-0.2, 0) is 6.42 Å². The Hall–Kier alpha value is -2.07. The lowest BCUT2D eigenvalue weighted by atomic mass is 10.1. The van der Waals surface area contributed by atoms with Crippen molar-refractivity contribution in [3.63, 3.8) is 0 Å². The number of hydrogen-bond acceptors (Lipinski definition) is 3. The lowest BCUT2D eigenvalue weighted by molar-refractivity contribution is 0.0994. The average Bonchev–Trinajstić information content (AvgIpc) is 2.89. The number of rotatable bonds is 4. The fraction of sp³-hybridized carbons (Fsp3) is 0.267. The molecule has 0 aliphatic heterocycles. The number of amides is 1. The van der Waals surface area contributed by atoms with Gasteiger partial charge in [-0.2, -0.15) is 0 Å². The third-order valence-electron chi connectivity index (χ3n) is 2.92. The molecule has 1 aromatic carbocycles.